The summed E-state index contributed by atoms with van der Waals surface area (Å²) in [5.74, 6) is -0.534. The number of aryl methyl sites for hydroxylation is 3. The second-order valence-electron chi connectivity index (χ2n) is 7.28. The third-order valence-corrected chi connectivity index (χ3v) is 7.72. The molecule has 4 rings (SSSR count). The molecular weight excluding hydrogens is 456 g/mol. The van der Waals surface area contributed by atoms with Crippen LogP contribution >= 0.6 is 34.7 Å². The van der Waals surface area contributed by atoms with Gasteiger partial charge in [0, 0.05) is 16.9 Å². The average molecular weight is 477 g/mol. The molecule has 2 heterocycles. The van der Waals surface area contributed by atoms with Crippen molar-refractivity contribution in [2.75, 3.05) is 12.8 Å². The summed E-state index contributed by atoms with van der Waals surface area (Å²) in [6.07, 6.45) is 4.01. The van der Waals surface area contributed by atoms with Crippen LogP contribution in [0.2, 0.25) is 5.02 Å². The van der Waals surface area contributed by atoms with Gasteiger partial charge in [0.05, 0.1) is 16.8 Å². The molecule has 0 saturated heterocycles. The average Bonchev–Trinajstić information content (AvgIpc) is 3.13. The van der Waals surface area contributed by atoms with Gasteiger partial charge in [-0.3, -0.25) is 19.5 Å². The number of nitrogens with one attached hydrogen (secondary N) is 2. The van der Waals surface area contributed by atoms with E-state index in [-0.39, 0.29) is 11.3 Å². The highest BCUT2D eigenvalue weighted by molar-refractivity contribution is 7.99. The monoisotopic (exact) mass is 476 g/mol. The topological polar surface area (TPSA) is 93.1 Å². The standard InChI is InChI=1S/C21H21ClN4O3S2/c1-11-7-8-12(9-14(11)22)26-19(28)17-13-5-3-4-6-15(13)31-18(17)25-21(26)30-10-16(27)24-20(29)23-2/h7-9H,3-6,10H2,1-2H3,(H2,23,24,27,29). The molecule has 0 unspecified atom stereocenters. The molecule has 2 aromatic heterocycles. The number of imide groups is 1. The van der Waals surface area contributed by atoms with E-state index >= 15 is 0 Å². The third kappa shape index (κ3) is 4.35. The van der Waals surface area contributed by atoms with E-state index in [1.165, 1.54) is 16.5 Å². The molecule has 31 heavy (non-hydrogen) atoms. The van der Waals surface area contributed by atoms with Gasteiger partial charge >= 0.3 is 6.03 Å². The molecule has 1 aromatic carbocycles. The number of carbonyl (C=O) groups is 2. The van der Waals surface area contributed by atoms with E-state index in [9.17, 15) is 14.4 Å². The van der Waals surface area contributed by atoms with Gasteiger partial charge in [0.25, 0.3) is 5.56 Å². The van der Waals surface area contributed by atoms with E-state index in [0.717, 1.165) is 48.6 Å². The van der Waals surface area contributed by atoms with Gasteiger partial charge in [-0.05, 0) is 55.9 Å². The fraction of sp³-hybridized carbons (Fsp3) is 0.333. The van der Waals surface area contributed by atoms with E-state index in [1.807, 2.05) is 19.1 Å². The number of hydrogen-bond acceptors (Lipinski definition) is 6. The Kier molecular flexibility index (Phi) is 6.36. The Hall–Kier alpha value is -2.36. The largest absolute Gasteiger partial charge is 0.341 e. The SMILES string of the molecule is CNC(=O)NC(=O)CSc1nc2sc3c(c2c(=O)n1-c1ccc(C)c(Cl)c1)CCCC3. The van der Waals surface area contributed by atoms with E-state index < -0.39 is 11.9 Å². The van der Waals surface area contributed by atoms with E-state index in [2.05, 4.69) is 10.6 Å². The maximum atomic E-state index is 13.7. The van der Waals surface area contributed by atoms with Crippen LogP contribution in [0, 0.1) is 6.92 Å². The molecule has 2 N–H and O–H groups in total. The van der Waals surface area contributed by atoms with Crippen LogP contribution in [0.25, 0.3) is 15.9 Å². The zero-order chi connectivity index (χ0) is 22.1. The van der Waals surface area contributed by atoms with Gasteiger partial charge in [-0.2, -0.15) is 0 Å². The lowest BCUT2D eigenvalue weighted by molar-refractivity contribution is -0.117. The highest BCUT2D eigenvalue weighted by Gasteiger charge is 2.23. The molecule has 0 spiro atoms. The molecule has 162 valence electrons. The van der Waals surface area contributed by atoms with Crippen molar-refractivity contribution in [3.05, 3.63) is 49.6 Å². The van der Waals surface area contributed by atoms with Crippen LogP contribution < -0.4 is 16.2 Å². The summed E-state index contributed by atoms with van der Waals surface area (Å²) < 4.78 is 1.52. The summed E-state index contributed by atoms with van der Waals surface area (Å²) in [6.45, 7) is 1.89. The van der Waals surface area contributed by atoms with Crippen LogP contribution in [0.4, 0.5) is 4.79 Å². The lowest BCUT2D eigenvalue weighted by Crippen LogP contribution is -2.38. The molecule has 1 aliphatic rings. The summed E-state index contributed by atoms with van der Waals surface area (Å²) in [5.41, 5.74) is 2.45. The molecule has 0 saturated carbocycles. The number of rotatable bonds is 4. The summed E-state index contributed by atoms with van der Waals surface area (Å²) in [7, 11) is 1.43. The van der Waals surface area contributed by atoms with Gasteiger partial charge in [0.15, 0.2) is 5.16 Å². The Balaban J connectivity index is 1.83. The molecule has 3 amide bonds. The maximum Gasteiger partial charge on any atom is 0.321 e. The van der Waals surface area contributed by atoms with Crippen molar-refractivity contribution < 1.29 is 9.59 Å². The second kappa shape index (κ2) is 9.02. The number of urea groups is 1. The van der Waals surface area contributed by atoms with Crippen molar-refractivity contribution in [2.45, 2.75) is 37.8 Å². The van der Waals surface area contributed by atoms with Crippen molar-refractivity contribution in [2.24, 2.45) is 0 Å². The Morgan fingerprint density at radius 2 is 2.06 bits per heavy atom. The van der Waals surface area contributed by atoms with Gasteiger partial charge in [0.2, 0.25) is 5.91 Å². The third-order valence-electron chi connectivity index (χ3n) is 5.18. The molecule has 0 aliphatic heterocycles. The molecule has 10 heteroatoms. The first kappa shape index (κ1) is 21.9. The van der Waals surface area contributed by atoms with E-state index in [4.69, 9.17) is 16.6 Å². The molecule has 1 aliphatic carbocycles. The summed E-state index contributed by atoms with van der Waals surface area (Å²) in [6, 6.07) is 4.83. The van der Waals surface area contributed by atoms with Crippen LogP contribution in [0.1, 0.15) is 28.8 Å². The fourth-order valence-electron chi connectivity index (χ4n) is 3.59. The summed E-state index contributed by atoms with van der Waals surface area (Å²) in [4.78, 5) is 43.8. The summed E-state index contributed by atoms with van der Waals surface area (Å²) >= 11 is 9.00. The smallest absolute Gasteiger partial charge is 0.321 e. The first-order valence-electron chi connectivity index (χ1n) is 9.87. The fourth-order valence-corrected chi connectivity index (χ4v) is 5.88. The number of thiophene rings is 1. The number of fused-ring (bicyclic) bond motifs is 3. The number of nitrogens with zero attached hydrogens (tertiary/aromatic N) is 2. The number of thioether (sulfide) groups is 1. The highest BCUT2D eigenvalue weighted by Crippen LogP contribution is 2.35. The van der Waals surface area contributed by atoms with Crippen molar-refractivity contribution in [1.29, 1.82) is 0 Å². The van der Waals surface area contributed by atoms with Gasteiger partial charge in [-0.15, -0.1) is 11.3 Å². The Labute approximate surface area is 192 Å². The van der Waals surface area contributed by atoms with Crippen molar-refractivity contribution in [3.63, 3.8) is 0 Å². The second-order valence-corrected chi connectivity index (χ2v) is 9.71. The molecule has 0 atom stereocenters. The Bertz CT molecular complexity index is 1250. The number of benzene rings is 1. The zero-order valence-electron chi connectivity index (χ0n) is 17.1. The minimum Gasteiger partial charge on any atom is -0.341 e. The van der Waals surface area contributed by atoms with Gasteiger partial charge < -0.3 is 5.32 Å². The first-order chi connectivity index (χ1) is 14.9. The normalized spacial score (nSPS) is 13.1. The minimum atomic E-state index is -0.581. The number of aromatic nitrogens is 2. The number of hydrogen-bond donors (Lipinski definition) is 2. The number of halogens is 1. The molecule has 7 nitrogen and oxygen atoms in total. The quantitative estimate of drug-likeness (QED) is 0.441. The molecule has 0 radical (unpaired) electrons. The predicted octanol–water partition coefficient (Wildman–Crippen LogP) is 3.84. The number of carbonyl (C=O) groups excluding carboxylic acids is 2. The van der Waals surface area contributed by atoms with E-state index in [0.29, 0.717) is 26.1 Å². The maximum absolute atomic E-state index is 13.7. The van der Waals surface area contributed by atoms with Gasteiger partial charge in [0.1, 0.15) is 4.83 Å². The van der Waals surface area contributed by atoms with Crippen LogP contribution in [0.15, 0.2) is 28.2 Å². The van der Waals surface area contributed by atoms with Crippen LogP contribution in [-0.2, 0) is 17.6 Å². The van der Waals surface area contributed by atoms with Gasteiger partial charge in [-0.1, -0.05) is 29.4 Å². The summed E-state index contributed by atoms with van der Waals surface area (Å²) in [5, 5.41) is 6.16. The van der Waals surface area contributed by atoms with Crippen molar-refractivity contribution in [3.8, 4) is 5.69 Å². The van der Waals surface area contributed by atoms with E-state index in [1.54, 1.807) is 17.4 Å². The predicted molar refractivity (Wildman–Crippen MR) is 125 cm³/mol. The van der Waals surface area contributed by atoms with Crippen LogP contribution in [0.5, 0.6) is 0 Å². The van der Waals surface area contributed by atoms with Crippen LogP contribution in [-0.4, -0.2) is 34.3 Å². The molecule has 3 aromatic rings. The molecule has 0 bridgehead atoms. The number of amides is 3. The Morgan fingerprint density at radius 3 is 2.81 bits per heavy atom. The minimum absolute atomic E-state index is 0.0595. The van der Waals surface area contributed by atoms with Crippen LogP contribution in [0.3, 0.4) is 0 Å². The molecular formula is C21H21ClN4O3S2. The Morgan fingerprint density at radius 1 is 1.29 bits per heavy atom. The lowest BCUT2D eigenvalue weighted by Gasteiger charge is -2.14. The lowest BCUT2D eigenvalue weighted by atomic mass is 9.97. The van der Waals surface area contributed by atoms with Gasteiger partial charge in [-0.25, -0.2) is 9.78 Å². The first-order valence-corrected chi connectivity index (χ1v) is 12.0. The zero-order valence-corrected chi connectivity index (χ0v) is 19.5. The van der Waals surface area contributed by atoms with Crippen molar-refractivity contribution >= 4 is 56.9 Å². The highest BCUT2D eigenvalue weighted by atomic mass is 35.5. The van der Waals surface area contributed by atoms with Crippen molar-refractivity contribution in [1.82, 2.24) is 20.2 Å². The molecule has 0 fully saturated rings.